The highest BCUT2D eigenvalue weighted by Gasteiger charge is 2.09. The molecule has 0 atom stereocenters. The van der Waals surface area contributed by atoms with Gasteiger partial charge in [0.1, 0.15) is 0 Å². The highest BCUT2D eigenvalue weighted by atomic mass is 79.9. The van der Waals surface area contributed by atoms with Crippen LogP contribution in [0.3, 0.4) is 0 Å². The maximum atomic E-state index is 12.1. The van der Waals surface area contributed by atoms with Gasteiger partial charge in [-0.25, -0.2) is 9.97 Å². The normalized spacial score (nSPS) is 9.39. The van der Waals surface area contributed by atoms with Crippen molar-refractivity contribution in [3.8, 4) is 0 Å². The second-order valence-corrected chi connectivity index (χ2v) is 4.00. The summed E-state index contributed by atoms with van der Waals surface area (Å²) in [5.41, 5.74) is 0.182. The van der Waals surface area contributed by atoms with Gasteiger partial charge in [-0.2, -0.15) is 8.78 Å². The summed E-state index contributed by atoms with van der Waals surface area (Å²) in [5.74, 6) is -1.09. The Hall–Kier alpha value is -1.38. The predicted molar refractivity (Wildman–Crippen MR) is 65.9 cm³/mol. The van der Waals surface area contributed by atoms with Gasteiger partial charge in [0, 0.05) is 22.3 Å². The summed E-state index contributed by atoms with van der Waals surface area (Å²) < 4.78 is 24.8. The van der Waals surface area contributed by atoms with Gasteiger partial charge in [-0.05, 0) is 34.1 Å². The molecule has 2 N–H and O–H groups in total. The molecule has 4 nitrogen and oxygen atoms in total. The molecule has 2 aromatic rings. The molecule has 2 rings (SSSR count). The van der Waals surface area contributed by atoms with Gasteiger partial charge in [-0.3, -0.25) is 0 Å². The van der Waals surface area contributed by atoms with E-state index in [2.05, 4.69) is 25.9 Å². The zero-order valence-electron chi connectivity index (χ0n) is 8.96. The van der Waals surface area contributed by atoms with E-state index in [-0.39, 0.29) is 5.46 Å². The maximum Gasteiger partial charge on any atom is 0.490 e. The van der Waals surface area contributed by atoms with E-state index in [1.54, 1.807) is 6.07 Å². The van der Waals surface area contributed by atoms with E-state index in [0.29, 0.717) is 0 Å². The Morgan fingerprint density at radius 2 is 1.50 bits per heavy atom. The first kappa shape index (κ1) is 14.7. The molecule has 0 radical (unpaired) electrons. The molecule has 18 heavy (non-hydrogen) atoms. The maximum absolute atomic E-state index is 12.1. The molecule has 94 valence electrons. The number of nitrogens with zero attached hydrogens (tertiary/aromatic N) is 2. The van der Waals surface area contributed by atoms with E-state index < -0.39 is 19.0 Å². The van der Waals surface area contributed by atoms with Gasteiger partial charge in [-0.15, -0.1) is 0 Å². The molecule has 8 heteroatoms. The van der Waals surface area contributed by atoms with E-state index in [9.17, 15) is 8.78 Å². The number of hydrogen-bond acceptors (Lipinski definition) is 4. The van der Waals surface area contributed by atoms with Crippen molar-refractivity contribution in [3.05, 3.63) is 53.0 Å². The lowest BCUT2D eigenvalue weighted by Crippen LogP contribution is -2.30. The van der Waals surface area contributed by atoms with Crippen molar-refractivity contribution < 1.29 is 18.8 Å². The standard InChI is InChI=1S/C5H5BFNO2.C5H3BrFN/c7-5-2-1-4(3-8-5)6(9)10;6-4-1-2-5(7)8-3-4/h1-3,9-10H;1-3H. The highest BCUT2D eigenvalue weighted by Crippen LogP contribution is 2.05. The Labute approximate surface area is 111 Å². The molecule has 0 spiro atoms. The Morgan fingerprint density at radius 3 is 1.83 bits per heavy atom. The van der Waals surface area contributed by atoms with Crippen LogP contribution in [-0.4, -0.2) is 27.1 Å². The smallest absolute Gasteiger partial charge is 0.423 e. The van der Waals surface area contributed by atoms with Crippen molar-refractivity contribution in [3.63, 3.8) is 0 Å². The van der Waals surface area contributed by atoms with Crippen LogP contribution in [0.15, 0.2) is 41.1 Å². The predicted octanol–water partition coefficient (Wildman–Crippen LogP) is 0.884. The van der Waals surface area contributed by atoms with Crippen LogP contribution in [0, 0.1) is 11.9 Å². The largest absolute Gasteiger partial charge is 0.490 e. The van der Waals surface area contributed by atoms with Gasteiger partial charge in [0.2, 0.25) is 11.9 Å². The van der Waals surface area contributed by atoms with Crippen molar-refractivity contribution in [2.45, 2.75) is 0 Å². The van der Waals surface area contributed by atoms with Crippen molar-refractivity contribution in [2.75, 3.05) is 0 Å². The Morgan fingerprint density at radius 1 is 0.944 bits per heavy atom. The molecule has 0 saturated heterocycles. The quantitative estimate of drug-likeness (QED) is 0.605. The minimum absolute atomic E-state index is 0.182. The number of pyridine rings is 2. The lowest BCUT2D eigenvalue weighted by Gasteiger charge is -1.95. The van der Waals surface area contributed by atoms with Crippen LogP contribution < -0.4 is 5.46 Å². The van der Waals surface area contributed by atoms with Crippen LogP contribution in [0.25, 0.3) is 0 Å². The lowest BCUT2D eigenvalue weighted by atomic mass is 9.82. The first-order valence-electron chi connectivity index (χ1n) is 4.73. The number of rotatable bonds is 1. The van der Waals surface area contributed by atoms with E-state index in [0.717, 1.165) is 16.7 Å². The van der Waals surface area contributed by atoms with Gasteiger partial charge in [0.25, 0.3) is 0 Å². The van der Waals surface area contributed by atoms with E-state index in [1.807, 2.05) is 0 Å². The third-order valence-corrected chi connectivity index (χ3v) is 2.21. The minimum Gasteiger partial charge on any atom is -0.423 e. The molecule has 0 aliphatic heterocycles. The summed E-state index contributed by atoms with van der Waals surface area (Å²) in [6.45, 7) is 0. The van der Waals surface area contributed by atoms with E-state index >= 15 is 0 Å². The minimum atomic E-state index is -1.58. The third-order valence-electron chi connectivity index (χ3n) is 1.74. The number of hydrogen-bond donors (Lipinski definition) is 2. The lowest BCUT2D eigenvalue weighted by molar-refractivity contribution is 0.425. The number of halogens is 3. The fraction of sp³-hybridized carbons (Fsp3) is 0. The van der Waals surface area contributed by atoms with E-state index in [4.69, 9.17) is 10.0 Å². The SMILES string of the molecule is Fc1ccc(Br)cn1.OB(O)c1ccc(F)nc1. The van der Waals surface area contributed by atoms with Crippen LogP contribution >= 0.6 is 15.9 Å². The molecular weight excluding hydrogens is 309 g/mol. The monoisotopic (exact) mass is 316 g/mol. The summed E-state index contributed by atoms with van der Waals surface area (Å²) in [7, 11) is -1.58. The summed E-state index contributed by atoms with van der Waals surface area (Å²) >= 11 is 3.12. The molecule has 0 amide bonds. The van der Waals surface area contributed by atoms with Crippen LogP contribution in [0.1, 0.15) is 0 Å². The molecule has 0 saturated carbocycles. The van der Waals surface area contributed by atoms with Gasteiger partial charge in [0.15, 0.2) is 0 Å². The average molecular weight is 317 g/mol. The van der Waals surface area contributed by atoms with Crippen molar-refractivity contribution in [1.82, 2.24) is 9.97 Å². The molecule has 0 aliphatic rings. The Balaban J connectivity index is 0.000000184. The van der Waals surface area contributed by atoms with Crippen LogP contribution in [0.4, 0.5) is 8.78 Å². The van der Waals surface area contributed by atoms with Crippen molar-refractivity contribution >= 4 is 28.5 Å². The van der Waals surface area contributed by atoms with Gasteiger partial charge < -0.3 is 10.0 Å². The molecule has 2 heterocycles. The van der Waals surface area contributed by atoms with E-state index in [1.165, 1.54) is 18.3 Å². The zero-order valence-corrected chi connectivity index (χ0v) is 10.6. The first-order valence-corrected chi connectivity index (χ1v) is 5.53. The van der Waals surface area contributed by atoms with Gasteiger partial charge in [-0.1, -0.05) is 6.07 Å². The number of aromatic nitrogens is 2. The van der Waals surface area contributed by atoms with Gasteiger partial charge in [0.05, 0.1) is 0 Å². The highest BCUT2D eigenvalue weighted by molar-refractivity contribution is 9.10. The summed E-state index contributed by atoms with van der Waals surface area (Å²) in [5, 5.41) is 17.0. The second-order valence-electron chi connectivity index (χ2n) is 3.09. The summed E-state index contributed by atoms with van der Waals surface area (Å²) in [6, 6.07) is 5.22. The molecular formula is C10H8BBrF2N2O2. The van der Waals surface area contributed by atoms with Gasteiger partial charge >= 0.3 is 7.12 Å². The van der Waals surface area contributed by atoms with Crippen LogP contribution in [-0.2, 0) is 0 Å². The Kier molecular flexibility index (Phi) is 5.83. The summed E-state index contributed by atoms with van der Waals surface area (Å²) in [4.78, 5) is 6.58. The average Bonchev–Trinajstić information content (AvgIpc) is 2.34. The molecule has 0 unspecified atom stereocenters. The summed E-state index contributed by atoms with van der Waals surface area (Å²) in [6.07, 6.45) is 2.48. The fourth-order valence-corrected chi connectivity index (χ4v) is 1.13. The molecule has 2 aromatic heterocycles. The molecule has 0 aromatic carbocycles. The Bertz CT molecular complexity index is 461. The van der Waals surface area contributed by atoms with Crippen LogP contribution in [0.5, 0.6) is 0 Å². The van der Waals surface area contributed by atoms with Crippen molar-refractivity contribution in [1.29, 1.82) is 0 Å². The first-order chi connectivity index (χ1) is 8.49. The second kappa shape index (κ2) is 7.15. The van der Waals surface area contributed by atoms with Crippen LogP contribution in [0.2, 0.25) is 0 Å². The molecule has 0 bridgehead atoms. The molecule has 0 fully saturated rings. The molecule has 0 aliphatic carbocycles. The zero-order chi connectivity index (χ0) is 13.5. The third kappa shape index (κ3) is 5.30. The fourth-order valence-electron chi connectivity index (χ4n) is 0.898. The topological polar surface area (TPSA) is 66.2 Å². The van der Waals surface area contributed by atoms with Crippen molar-refractivity contribution in [2.24, 2.45) is 0 Å².